The first-order valence-corrected chi connectivity index (χ1v) is 4.99. The molecule has 0 aromatic carbocycles. The van der Waals surface area contributed by atoms with Gasteiger partial charge in [-0.25, -0.2) is 0 Å². The summed E-state index contributed by atoms with van der Waals surface area (Å²) in [4.78, 5) is 0. The van der Waals surface area contributed by atoms with E-state index in [0.29, 0.717) is 5.92 Å². The Hall–Kier alpha value is -0.0800. The van der Waals surface area contributed by atoms with Gasteiger partial charge in [-0.15, -0.1) is 0 Å². The summed E-state index contributed by atoms with van der Waals surface area (Å²) < 4.78 is 0. The average Bonchev–Trinajstić information content (AvgIpc) is 1.94. The van der Waals surface area contributed by atoms with Crippen molar-refractivity contribution in [1.29, 1.82) is 0 Å². The fourth-order valence-corrected chi connectivity index (χ4v) is 2.27. The Morgan fingerprint density at radius 1 is 1.50 bits per heavy atom. The molecule has 0 saturated carbocycles. The van der Waals surface area contributed by atoms with Crippen molar-refractivity contribution in [1.82, 2.24) is 5.32 Å². The van der Waals surface area contributed by atoms with Crippen LogP contribution in [0.15, 0.2) is 0 Å². The van der Waals surface area contributed by atoms with E-state index in [0.717, 1.165) is 18.4 Å². The molecule has 0 aromatic heterocycles. The zero-order valence-corrected chi connectivity index (χ0v) is 8.72. The molecule has 1 aliphatic rings. The predicted octanol–water partition coefficient (Wildman–Crippen LogP) is 1.56. The van der Waals surface area contributed by atoms with Crippen molar-refractivity contribution in [3.63, 3.8) is 0 Å². The van der Waals surface area contributed by atoms with Crippen molar-refractivity contribution in [2.75, 3.05) is 6.54 Å². The summed E-state index contributed by atoms with van der Waals surface area (Å²) in [7, 11) is 0. The molecule has 1 unspecified atom stereocenters. The molecular weight excluding hydrogens is 148 g/mol. The Morgan fingerprint density at radius 2 is 2.08 bits per heavy atom. The summed E-state index contributed by atoms with van der Waals surface area (Å²) in [5.74, 6) is 2.11. The van der Waals surface area contributed by atoms with Crippen LogP contribution in [0.25, 0.3) is 0 Å². The van der Waals surface area contributed by atoms with E-state index < -0.39 is 0 Å². The van der Waals surface area contributed by atoms with Crippen molar-refractivity contribution in [3.05, 3.63) is 0 Å². The largest absolute Gasteiger partial charge is 0.313 e. The zero-order valence-electron chi connectivity index (χ0n) is 8.72. The minimum atomic E-state index is -0.160. The molecule has 0 aromatic rings. The lowest BCUT2D eigenvalue weighted by atomic mass is 9.73. The van der Waals surface area contributed by atoms with Gasteiger partial charge in [0.25, 0.3) is 0 Å². The number of rotatable bonds is 1. The molecule has 72 valence electrons. The maximum absolute atomic E-state index is 6.14. The Kier molecular flexibility index (Phi) is 2.79. The highest BCUT2D eigenvalue weighted by Gasteiger charge is 2.37. The van der Waals surface area contributed by atoms with E-state index in [1.807, 2.05) is 0 Å². The Labute approximate surface area is 75.9 Å². The first-order chi connectivity index (χ1) is 5.45. The maximum Gasteiger partial charge on any atom is 0.0661 e. The van der Waals surface area contributed by atoms with Gasteiger partial charge in [0.1, 0.15) is 0 Å². The molecule has 0 spiro atoms. The van der Waals surface area contributed by atoms with Gasteiger partial charge in [0.15, 0.2) is 0 Å². The molecule has 1 saturated heterocycles. The highest BCUT2D eigenvalue weighted by molar-refractivity contribution is 4.91. The highest BCUT2D eigenvalue weighted by atomic mass is 15.1. The van der Waals surface area contributed by atoms with E-state index >= 15 is 0 Å². The SMILES string of the molecule is CC(C)[C@H]1CCN[C@](C)(N)C1C. The Bertz CT molecular complexity index is 152. The smallest absolute Gasteiger partial charge is 0.0661 e. The number of hydrogen-bond donors (Lipinski definition) is 2. The molecule has 0 radical (unpaired) electrons. The molecule has 1 heterocycles. The second-order valence-electron chi connectivity index (χ2n) is 4.69. The molecular formula is C10H22N2. The first-order valence-electron chi connectivity index (χ1n) is 4.99. The van der Waals surface area contributed by atoms with Crippen LogP contribution in [-0.4, -0.2) is 12.2 Å². The molecule has 2 nitrogen and oxygen atoms in total. The Balaban J connectivity index is 2.66. The fraction of sp³-hybridized carbons (Fsp3) is 1.00. The molecule has 1 rings (SSSR count). The Morgan fingerprint density at radius 3 is 2.50 bits per heavy atom. The lowest BCUT2D eigenvalue weighted by Crippen LogP contribution is -2.61. The summed E-state index contributed by atoms with van der Waals surface area (Å²) in [5, 5.41) is 3.37. The zero-order chi connectivity index (χ0) is 9.35. The van der Waals surface area contributed by atoms with Gasteiger partial charge < -0.3 is 5.73 Å². The van der Waals surface area contributed by atoms with Crippen molar-refractivity contribution < 1.29 is 0 Å². The third kappa shape index (κ3) is 1.80. The van der Waals surface area contributed by atoms with Crippen molar-refractivity contribution in [3.8, 4) is 0 Å². The fourth-order valence-electron chi connectivity index (χ4n) is 2.27. The standard InChI is InChI=1S/C10H22N2/c1-7(2)9-5-6-12-10(4,11)8(9)3/h7-9,12H,5-6,11H2,1-4H3/t8?,9-,10+/m1/s1. The summed E-state index contributed by atoms with van der Waals surface area (Å²) in [6.07, 6.45) is 1.27. The molecule has 1 aliphatic heterocycles. The van der Waals surface area contributed by atoms with Gasteiger partial charge in [-0.3, -0.25) is 5.32 Å². The van der Waals surface area contributed by atoms with E-state index in [1.165, 1.54) is 6.42 Å². The molecule has 0 aliphatic carbocycles. The van der Waals surface area contributed by atoms with Gasteiger partial charge in [0.2, 0.25) is 0 Å². The first kappa shape index (κ1) is 10.0. The minimum absolute atomic E-state index is 0.160. The molecule has 12 heavy (non-hydrogen) atoms. The van der Waals surface area contributed by atoms with Crippen LogP contribution in [0.5, 0.6) is 0 Å². The van der Waals surface area contributed by atoms with Crippen LogP contribution in [0.3, 0.4) is 0 Å². The van der Waals surface area contributed by atoms with Crippen LogP contribution in [0, 0.1) is 17.8 Å². The van der Waals surface area contributed by atoms with Crippen LogP contribution < -0.4 is 11.1 Å². The molecule has 2 heteroatoms. The topological polar surface area (TPSA) is 38.0 Å². The third-order valence-electron chi connectivity index (χ3n) is 3.43. The minimum Gasteiger partial charge on any atom is -0.313 e. The van der Waals surface area contributed by atoms with Crippen molar-refractivity contribution >= 4 is 0 Å². The van der Waals surface area contributed by atoms with E-state index in [4.69, 9.17) is 5.73 Å². The van der Waals surface area contributed by atoms with E-state index in [1.54, 1.807) is 0 Å². The second-order valence-corrected chi connectivity index (χ2v) is 4.69. The van der Waals surface area contributed by atoms with Gasteiger partial charge in [-0.05, 0) is 37.6 Å². The van der Waals surface area contributed by atoms with Crippen LogP contribution in [-0.2, 0) is 0 Å². The second kappa shape index (κ2) is 3.35. The van der Waals surface area contributed by atoms with Crippen LogP contribution >= 0.6 is 0 Å². The molecule has 1 fully saturated rings. The molecule has 3 N–H and O–H groups in total. The van der Waals surface area contributed by atoms with Gasteiger partial charge in [-0.1, -0.05) is 20.8 Å². The summed E-state index contributed by atoms with van der Waals surface area (Å²) in [6, 6.07) is 0. The van der Waals surface area contributed by atoms with Gasteiger partial charge >= 0.3 is 0 Å². The number of hydrogen-bond acceptors (Lipinski definition) is 2. The van der Waals surface area contributed by atoms with Crippen molar-refractivity contribution in [2.45, 2.75) is 39.8 Å². The molecule has 0 bridgehead atoms. The normalized spacial score (nSPS) is 43.5. The van der Waals surface area contributed by atoms with Crippen molar-refractivity contribution in [2.24, 2.45) is 23.5 Å². The molecule has 3 atom stereocenters. The van der Waals surface area contributed by atoms with Crippen LogP contribution in [0.2, 0.25) is 0 Å². The van der Waals surface area contributed by atoms with Gasteiger partial charge in [0, 0.05) is 0 Å². The predicted molar refractivity (Wildman–Crippen MR) is 52.7 cm³/mol. The van der Waals surface area contributed by atoms with Gasteiger partial charge in [0.05, 0.1) is 5.66 Å². The lowest BCUT2D eigenvalue weighted by molar-refractivity contribution is 0.0965. The lowest BCUT2D eigenvalue weighted by Gasteiger charge is -2.44. The highest BCUT2D eigenvalue weighted by Crippen LogP contribution is 2.32. The average molecular weight is 170 g/mol. The van der Waals surface area contributed by atoms with E-state index in [9.17, 15) is 0 Å². The summed E-state index contributed by atoms with van der Waals surface area (Å²) in [6.45, 7) is 10.0. The monoisotopic (exact) mass is 170 g/mol. The third-order valence-corrected chi connectivity index (χ3v) is 3.43. The number of piperidine rings is 1. The quantitative estimate of drug-likeness (QED) is 0.627. The number of nitrogens with two attached hydrogens (primary N) is 1. The van der Waals surface area contributed by atoms with Gasteiger partial charge in [-0.2, -0.15) is 0 Å². The number of nitrogens with one attached hydrogen (secondary N) is 1. The summed E-state index contributed by atoms with van der Waals surface area (Å²) >= 11 is 0. The van der Waals surface area contributed by atoms with Crippen LogP contribution in [0.4, 0.5) is 0 Å². The van der Waals surface area contributed by atoms with E-state index in [2.05, 4.69) is 33.0 Å². The van der Waals surface area contributed by atoms with Crippen LogP contribution in [0.1, 0.15) is 34.1 Å². The maximum atomic E-state index is 6.14. The summed E-state index contributed by atoms with van der Waals surface area (Å²) in [5.41, 5.74) is 5.98. The molecule has 0 amide bonds. The van der Waals surface area contributed by atoms with E-state index in [-0.39, 0.29) is 5.66 Å².